The van der Waals surface area contributed by atoms with Gasteiger partial charge in [0.1, 0.15) is 5.75 Å². The van der Waals surface area contributed by atoms with Gasteiger partial charge >= 0.3 is 12.3 Å². The summed E-state index contributed by atoms with van der Waals surface area (Å²) in [5, 5.41) is 22.0. The van der Waals surface area contributed by atoms with Gasteiger partial charge in [0.05, 0.1) is 5.69 Å². The Labute approximate surface area is 212 Å². The Balaban J connectivity index is 1.72. The third kappa shape index (κ3) is 4.92. The molecule has 7 nitrogen and oxygen atoms in total. The second-order valence-electron chi connectivity index (χ2n) is 8.28. The minimum absolute atomic E-state index is 0.0116. The average Bonchev–Trinajstić information content (AvgIpc) is 2.82. The van der Waals surface area contributed by atoms with Crippen molar-refractivity contribution in [3.05, 3.63) is 76.6 Å². The van der Waals surface area contributed by atoms with Crippen LogP contribution in [0.25, 0.3) is 11.1 Å². The van der Waals surface area contributed by atoms with E-state index in [1.54, 1.807) is 0 Å². The summed E-state index contributed by atoms with van der Waals surface area (Å²) in [6.07, 6.45) is -6.84. The number of carbonyl (C=O) groups excluding carboxylic acids is 1. The SMILES string of the molecule is CC(c1ccc(-c2ccc(OC(=O)O)c(F)c2)cc1Cl)C(O)(c1ccc2c(c1)NC(=O)CO2)C(F)(F)F. The van der Waals surface area contributed by atoms with Gasteiger partial charge in [-0.15, -0.1) is 0 Å². The number of aliphatic hydroxyl groups is 1. The number of rotatable bonds is 5. The Morgan fingerprint density at radius 1 is 1.11 bits per heavy atom. The molecule has 3 aromatic carbocycles. The number of anilines is 1. The second kappa shape index (κ2) is 9.56. The molecule has 12 heteroatoms. The highest BCUT2D eigenvalue weighted by Crippen LogP contribution is 2.51. The molecule has 1 aliphatic heterocycles. The first kappa shape index (κ1) is 26.2. The van der Waals surface area contributed by atoms with Crippen LogP contribution < -0.4 is 14.8 Å². The fraction of sp³-hybridized carbons (Fsp3) is 0.200. The van der Waals surface area contributed by atoms with Crippen LogP contribution in [0.1, 0.15) is 24.0 Å². The van der Waals surface area contributed by atoms with Crippen LogP contribution in [0.4, 0.5) is 28.0 Å². The molecule has 0 radical (unpaired) electrons. The summed E-state index contributed by atoms with van der Waals surface area (Å²) in [6.45, 7) is 0.869. The van der Waals surface area contributed by atoms with Crippen molar-refractivity contribution in [1.29, 1.82) is 0 Å². The van der Waals surface area contributed by atoms with Crippen molar-refractivity contribution in [3.63, 3.8) is 0 Å². The monoisotopic (exact) mass is 539 g/mol. The van der Waals surface area contributed by atoms with E-state index in [9.17, 15) is 32.3 Å². The average molecular weight is 540 g/mol. The summed E-state index contributed by atoms with van der Waals surface area (Å²) in [4.78, 5) is 22.3. The fourth-order valence-electron chi connectivity index (χ4n) is 4.12. The van der Waals surface area contributed by atoms with Gasteiger partial charge < -0.3 is 25.0 Å². The maximum atomic E-state index is 14.4. The highest BCUT2D eigenvalue weighted by molar-refractivity contribution is 6.31. The summed E-state index contributed by atoms with van der Waals surface area (Å²) in [6, 6.07) is 10.7. The highest BCUT2D eigenvalue weighted by Gasteiger charge is 2.59. The summed E-state index contributed by atoms with van der Waals surface area (Å²) >= 11 is 6.34. The molecule has 0 fully saturated rings. The molecule has 0 saturated carbocycles. The molecule has 0 aliphatic carbocycles. The van der Waals surface area contributed by atoms with Crippen LogP contribution in [-0.2, 0) is 10.4 Å². The first-order chi connectivity index (χ1) is 17.3. The largest absolute Gasteiger partial charge is 0.511 e. The van der Waals surface area contributed by atoms with E-state index in [0.717, 1.165) is 31.2 Å². The molecule has 2 unspecified atom stereocenters. The van der Waals surface area contributed by atoms with Crippen LogP contribution >= 0.6 is 11.6 Å². The molecule has 2 atom stereocenters. The van der Waals surface area contributed by atoms with Crippen molar-refractivity contribution in [3.8, 4) is 22.6 Å². The smallest absolute Gasteiger partial charge is 0.482 e. The predicted molar refractivity (Wildman–Crippen MR) is 124 cm³/mol. The van der Waals surface area contributed by atoms with E-state index < -0.39 is 46.9 Å². The van der Waals surface area contributed by atoms with E-state index in [4.69, 9.17) is 21.4 Å². The van der Waals surface area contributed by atoms with Crippen molar-refractivity contribution in [2.24, 2.45) is 0 Å². The minimum Gasteiger partial charge on any atom is -0.482 e. The molecule has 1 aliphatic rings. The molecule has 3 N–H and O–H groups in total. The standard InChI is InChI=1S/C25H18ClF4NO6/c1-12(24(35,25(28,29)30)15-4-7-21-19(10-15)31-22(32)11-36-21)16-5-2-13(8-17(16)26)14-3-6-20(18(27)9-14)37-23(33)34/h2-10,12,35H,11H2,1H3,(H,31,32)(H,33,34). The zero-order valence-electron chi connectivity index (χ0n) is 18.9. The van der Waals surface area contributed by atoms with Gasteiger partial charge in [-0.05, 0) is 52.6 Å². The van der Waals surface area contributed by atoms with Gasteiger partial charge in [-0.25, -0.2) is 9.18 Å². The van der Waals surface area contributed by atoms with Crippen molar-refractivity contribution in [2.45, 2.75) is 24.6 Å². The second-order valence-corrected chi connectivity index (χ2v) is 8.69. The number of carbonyl (C=O) groups is 2. The third-order valence-corrected chi connectivity index (χ3v) is 6.37. The van der Waals surface area contributed by atoms with E-state index >= 15 is 0 Å². The summed E-state index contributed by atoms with van der Waals surface area (Å²) in [7, 11) is 0. The minimum atomic E-state index is -5.15. The topological polar surface area (TPSA) is 105 Å². The normalized spacial score (nSPS) is 15.6. The van der Waals surface area contributed by atoms with E-state index in [0.29, 0.717) is 5.56 Å². The number of fused-ring (bicyclic) bond motifs is 1. The van der Waals surface area contributed by atoms with E-state index in [-0.39, 0.29) is 34.2 Å². The van der Waals surface area contributed by atoms with Gasteiger partial charge in [-0.1, -0.05) is 42.8 Å². The van der Waals surface area contributed by atoms with Gasteiger partial charge in [-0.3, -0.25) is 4.79 Å². The lowest BCUT2D eigenvalue weighted by Crippen LogP contribution is -2.46. The van der Waals surface area contributed by atoms with Crippen molar-refractivity contribution in [1.82, 2.24) is 0 Å². The number of amides is 1. The Kier molecular flexibility index (Phi) is 6.78. The van der Waals surface area contributed by atoms with E-state index in [2.05, 4.69) is 10.1 Å². The molecular formula is C25H18ClF4NO6. The van der Waals surface area contributed by atoms with E-state index in [1.807, 2.05) is 0 Å². The lowest BCUT2D eigenvalue weighted by molar-refractivity contribution is -0.274. The van der Waals surface area contributed by atoms with Crippen LogP contribution in [0, 0.1) is 5.82 Å². The van der Waals surface area contributed by atoms with Crippen LogP contribution in [-0.4, -0.2) is 35.1 Å². The van der Waals surface area contributed by atoms with Gasteiger partial charge in [0.2, 0.25) is 0 Å². The summed E-state index contributed by atoms with van der Waals surface area (Å²) in [5.41, 5.74) is -3.42. The predicted octanol–water partition coefficient (Wildman–Crippen LogP) is 6.09. The third-order valence-electron chi connectivity index (χ3n) is 6.04. The van der Waals surface area contributed by atoms with Crippen molar-refractivity contribution >= 4 is 29.4 Å². The first-order valence-corrected chi connectivity index (χ1v) is 11.1. The molecule has 1 amide bonds. The first-order valence-electron chi connectivity index (χ1n) is 10.7. The number of hydrogen-bond acceptors (Lipinski definition) is 5. The molecule has 1 heterocycles. The highest BCUT2D eigenvalue weighted by atomic mass is 35.5. The number of benzene rings is 3. The molecular weight excluding hydrogens is 522 g/mol. The maximum Gasteiger partial charge on any atom is 0.511 e. The van der Waals surface area contributed by atoms with Crippen LogP contribution in [0.2, 0.25) is 5.02 Å². The number of ether oxygens (including phenoxy) is 2. The molecule has 3 aromatic rings. The quantitative estimate of drug-likeness (QED) is 0.206. The fourth-order valence-corrected chi connectivity index (χ4v) is 4.46. The summed E-state index contributed by atoms with van der Waals surface area (Å²) < 4.78 is 66.8. The van der Waals surface area contributed by atoms with E-state index in [1.165, 1.54) is 30.3 Å². The summed E-state index contributed by atoms with van der Waals surface area (Å²) in [5.74, 6) is -3.49. The molecule has 0 spiro atoms. The molecule has 0 aromatic heterocycles. The Morgan fingerprint density at radius 3 is 2.41 bits per heavy atom. The molecule has 4 rings (SSSR count). The van der Waals surface area contributed by atoms with Gasteiger partial charge in [0.25, 0.3) is 5.91 Å². The Hall–Kier alpha value is -3.83. The lowest BCUT2D eigenvalue weighted by atomic mass is 9.77. The maximum absolute atomic E-state index is 14.4. The number of hydrogen-bond donors (Lipinski definition) is 3. The Morgan fingerprint density at radius 2 is 1.78 bits per heavy atom. The lowest BCUT2D eigenvalue weighted by Gasteiger charge is -2.37. The van der Waals surface area contributed by atoms with Crippen LogP contribution in [0.5, 0.6) is 11.5 Å². The Bertz CT molecular complexity index is 1400. The van der Waals surface area contributed by atoms with Gasteiger partial charge in [0.15, 0.2) is 23.8 Å². The zero-order valence-corrected chi connectivity index (χ0v) is 19.7. The molecule has 194 valence electrons. The van der Waals surface area contributed by atoms with Crippen LogP contribution in [0.3, 0.4) is 0 Å². The zero-order chi connectivity index (χ0) is 27.1. The van der Waals surface area contributed by atoms with Gasteiger partial charge in [-0.2, -0.15) is 13.2 Å². The number of alkyl halides is 3. The number of carboxylic acid groups (broad SMARTS) is 1. The molecule has 0 bridgehead atoms. The number of nitrogens with one attached hydrogen (secondary N) is 1. The van der Waals surface area contributed by atoms with Gasteiger partial charge in [0, 0.05) is 10.9 Å². The molecule has 0 saturated heterocycles. The van der Waals surface area contributed by atoms with Crippen LogP contribution in [0.15, 0.2) is 54.6 Å². The molecule has 37 heavy (non-hydrogen) atoms. The number of halogens is 5. The van der Waals surface area contributed by atoms with Crippen molar-refractivity contribution < 1.29 is 46.8 Å². The van der Waals surface area contributed by atoms with Crippen molar-refractivity contribution in [2.75, 3.05) is 11.9 Å².